The topological polar surface area (TPSA) is 92.3 Å². The number of benzene rings is 1. The van der Waals surface area contributed by atoms with Crippen LogP contribution in [0.25, 0.3) is 0 Å². The molecule has 2 rings (SSSR count). The van der Waals surface area contributed by atoms with Crippen molar-refractivity contribution < 1.29 is 16.8 Å². The molecule has 0 radical (unpaired) electrons. The van der Waals surface area contributed by atoms with Crippen molar-refractivity contribution in [2.45, 2.75) is 36.6 Å². The van der Waals surface area contributed by atoms with Crippen LogP contribution < -0.4 is 9.44 Å². The smallest absolute Gasteiger partial charge is 0.212 e. The molecular weight excluding hydrogens is 348 g/mol. The maximum Gasteiger partial charge on any atom is 0.240 e. The zero-order chi connectivity index (χ0) is 16.2. The molecule has 0 amide bonds. The molecule has 9 heteroatoms. The summed E-state index contributed by atoms with van der Waals surface area (Å²) < 4.78 is 52.7. The first kappa shape index (κ1) is 17.7. The lowest BCUT2D eigenvalue weighted by Crippen LogP contribution is -2.38. The summed E-state index contributed by atoms with van der Waals surface area (Å²) in [6.45, 7) is -0.184. The Bertz CT molecular complexity index is 713. The number of hydrogen-bond donors (Lipinski definition) is 2. The fourth-order valence-corrected chi connectivity index (χ4v) is 5.08. The van der Waals surface area contributed by atoms with Gasteiger partial charge in [-0.3, -0.25) is 0 Å². The SMILES string of the molecule is O=S(=O)(CCNS(=O)(=O)c1cccc(Cl)c1)NC1CCCC1. The van der Waals surface area contributed by atoms with Crippen LogP contribution in [-0.2, 0) is 20.0 Å². The van der Waals surface area contributed by atoms with Crippen molar-refractivity contribution in [2.24, 2.45) is 0 Å². The van der Waals surface area contributed by atoms with E-state index in [0.29, 0.717) is 5.02 Å². The van der Waals surface area contributed by atoms with Crippen LogP contribution in [0.4, 0.5) is 0 Å². The lowest BCUT2D eigenvalue weighted by atomic mass is 10.3. The van der Waals surface area contributed by atoms with E-state index in [1.807, 2.05) is 0 Å². The van der Waals surface area contributed by atoms with Crippen molar-refractivity contribution in [1.82, 2.24) is 9.44 Å². The number of hydrogen-bond acceptors (Lipinski definition) is 4. The number of sulfonamides is 2. The van der Waals surface area contributed by atoms with E-state index in [2.05, 4.69) is 9.44 Å². The molecule has 0 saturated heterocycles. The Balaban J connectivity index is 1.89. The van der Waals surface area contributed by atoms with Crippen LogP contribution >= 0.6 is 11.6 Å². The minimum Gasteiger partial charge on any atom is -0.212 e. The second kappa shape index (κ2) is 7.27. The van der Waals surface area contributed by atoms with E-state index >= 15 is 0 Å². The summed E-state index contributed by atoms with van der Waals surface area (Å²) >= 11 is 5.75. The molecule has 0 aliphatic heterocycles. The quantitative estimate of drug-likeness (QED) is 0.764. The van der Waals surface area contributed by atoms with Gasteiger partial charge < -0.3 is 0 Å². The van der Waals surface area contributed by atoms with Gasteiger partial charge in [0, 0.05) is 17.6 Å². The van der Waals surface area contributed by atoms with Crippen molar-refractivity contribution in [3.63, 3.8) is 0 Å². The lowest BCUT2D eigenvalue weighted by Gasteiger charge is -2.13. The van der Waals surface area contributed by atoms with E-state index in [9.17, 15) is 16.8 Å². The average Bonchev–Trinajstić information content (AvgIpc) is 2.90. The molecule has 1 aliphatic carbocycles. The van der Waals surface area contributed by atoms with Crippen LogP contribution in [0, 0.1) is 0 Å². The summed E-state index contributed by atoms with van der Waals surface area (Å²) in [6.07, 6.45) is 3.73. The van der Waals surface area contributed by atoms with Crippen molar-refractivity contribution in [3.8, 4) is 0 Å². The van der Waals surface area contributed by atoms with Gasteiger partial charge in [0.1, 0.15) is 0 Å². The molecule has 0 heterocycles. The molecule has 0 aromatic heterocycles. The summed E-state index contributed by atoms with van der Waals surface area (Å²) in [7, 11) is -7.24. The van der Waals surface area contributed by atoms with Gasteiger partial charge in [-0.05, 0) is 31.0 Å². The van der Waals surface area contributed by atoms with Gasteiger partial charge in [-0.2, -0.15) is 0 Å². The van der Waals surface area contributed by atoms with E-state index in [0.717, 1.165) is 25.7 Å². The molecule has 124 valence electrons. The monoisotopic (exact) mass is 366 g/mol. The Morgan fingerprint density at radius 3 is 2.45 bits per heavy atom. The summed E-state index contributed by atoms with van der Waals surface area (Å²) in [5, 5.41) is 0.304. The molecule has 0 spiro atoms. The molecular formula is C13H19ClN2O4S2. The fraction of sp³-hybridized carbons (Fsp3) is 0.538. The van der Waals surface area contributed by atoms with Crippen molar-refractivity contribution in [3.05, 3.63) is 29.3 Å². The van der Waals surface area contributed by atoms with Crippen molar-refractivity contribution in [1.29, 1.82) is 0 Å². The normalized spacial score (nSPS) is 17.0. The van der Waals surface area contributed by atoms with Crippen LogP contribution in [0.2, 0.25) is 5.02 Å². The van der Waals surface area contributed by atoms with Crippen molar-refractivity contribution >= 4 is 31.6 Å². The van der Waals surface area contributed by atoms with Gasteiger partial charge in [-0.25, -0.2) is 26.3 Å². The minimum atomic E-state index is -3.76. The molecule has 6 nitrogen and oxygen atoms in total. The van der Waals surface area contributed by atoms with Gasteiger partial charge in [-0.15, -0.1) is 0 Å². The first-order chi connectivity index (χ1) is 10.3. The largest absolute Gasteiger partial charge is 0.240 e. The van der Waals surface area contributed by atoms with E-state index in [1.165, 1.54) is 18.2 Å². The lowest BCUT2D eigenvalue weighted by molar-refractivity contribution is 0.550. The maximum atomic E-state index is 12.0. The molecule has 1 aromatic carbocycles. The van der Waals surface area contributed by atoms with E-state index in [4.69, 9.17) is 11.6 Å². The standard InChI is InChI=1S/C13H19ClN2O4S2/c14-11-4-3-7-13(10-11)22(19,20)15-8-9-21(17,18)16-12-5-1-2-6-12/h3-4,7,10,12,15-16H,1-2,5-6,8-9H2. The predicted octanol–water partition coefficient (Wildman–Crippen LogP) is 1.48. The third-order valence-electron chi connectivity index (χ3n) is 3.47. The van der Waals surface area contributed by atoms with Crippen LogP contribution in [0.15, 0.2) is 29.2 Å². The van der Waals surface area contributed by atoms with Gasteiger partial charge in [0.2, 0.25) is 20.0 Å². The molecule has 1 aromatic rings. The Labute approximate surface area is 136 Å². The molecule has 1 saturated carbocycles. The van der Waals surface area contributed by atoms with Gasteiger partial charge in [0.25, 0.3) is 0 Å². The second-order valence-corrected chi connectivity index (χ2v) is 9.35. The van der Waals surface area contributed by atoms with Crippen molar-refractivity contribution in [2.75, 3.05) is 12.3 Å². The summed E-state index contributed by atoms with van der Waals surface area (Å²) in [6, 6.07) is 5.79. The second-order valence-electron chi connectivity index (χ2n) is 5.27. The molecule has 22 heavy (non-hydrogen) atoms. The van der Waals surface area contributed by atoms with Gasteiger partial charge >= 0.3 is 0 Å². The molecule has 0 bridgehead atoms. The molecule has 0 unspecified atom stereocenters. The summed E-state index contributed by atoms with van der Waals surface area (Å²) in [5.74, 6) is -0.288. The number of nitrogens with one attached hydrogen (secondary N) is 2. The highest BCUT2D eigenvalue weighted by Gasteiger charge is 2.22. The number of halogens is 1. The van der Waals surface area contributed by atoms with Crippen LogP contribution in [-0.4, -0.2) is 35.2 Å². The zero-order valence-corrected chi connectivity index (χ0v) is 14.3. The summed E-state index contributed by atoms with van der Waals surface area (Å²) in [5.41, 5.74) is 0. The Morgan fingerprint density at radius 2 is 1.82 bits per heavy atom. The van der Waals surface area contributed by atoms with Crippen LogP contribution in [0.1, 0.15) is 25.7 Å². The van der Waals surface area contributed by atoms with E-state index < -0.39 is 20.0 Å². The van der Waals surface area contributed by atoms with E-state index in [-0.39, 0.29) is 23.2 Å². The predicted molar refractivity (Wildman–Crippen MR) is 85.8 cm³/mol. The number of rotatable bonds is 7. The molecule has 0 atom stereocenters. The fourth-order valence-electron chi connectivity index (χ4n) is 2.38. The van der Waals surface area contributed by atoms with E-state index in [1.54, 1.807) is 6.07 Å². The maximum absolute atomic E-state index is 12.0. The third-order valence-corrected chi connectivity index (χ3v) is 6.60. The van der Waals surface area contributed by atoms with Gasteiger partial charge in [0.15, 0.2) is 0 Å². The zero-order valence-electron chi connectivity index (χ0n) is 12.0. The highest BCUT2D eigenvalue weighted by Crippen LogP contribution is 2.18. The molecule has 2 N–H and O–H groups in total. The third kappa shape index (κ3) is 5.20. The Morgan fingerprint density at radius 1 is 1.14 bits per heavy atom. The van der Waals surface area contributed by atoms with Crippen LogP contribution in [0.3, 0.4) is 0 Å². The van der Waals surface area contributed by atoms with Crippen LogP contribution in [0.5, 0.6) is 0 Å². The average molecular weight is 367 g/mol. The van der Waals surface area contributed by atoms with Gasteiger partial charge in [0.05, 0.1) is 10.6 Å². The first-order valence-electron chi connectivity index (χ1n) is 7.04. The minimum absolute atomic E-state index is 0.0150. The molecule has 1 aliphatic rings. The highest BCUT2D eigenvalue weighted by molar-refractivity contribution is 7.90. The Hall–Kier alpha value is -0.670. The Kier molecular flexibility index (Phi) is 5.84. The summed E-state index contributed by atoms with van der Waals surface area (Å²) in [4.78, 5) is 0.0150. The highest BCUT2D eigenvalue weighted by atomic mass is 35.5. The first-order valence-corrected chi connectivity index (χ1v) is 10.6. The molecule has 1 fully saturated rings. The van der Waals surface area contributed by atoms with Gasteiger partial charge in [-0.1, -0.05) is 30.5 Å².